The number of aromatic nitrogens is 2. The lowest BCUT2D eigenvalue weighted by Crippen LogP contribution is -2.36. The van der Waals surface area contributed by atoms with Gasteiger partial charge < -0.3 is 10.6 Å². The number of nitrogens with one attached hydrogen (secondary N) is 3. The van der Waals surface area contributed by atoms with Crippen molar-refractivity contribution < 1.29 is 0 Å². The van der Waals surface area contributed by atoms with E-state index < -0.39 is 0 Å². The Balaban J connectivity index is 1.97. The van der Waals surface area contributed by atoms with Crippen molar-refractivity contribution in [3.63, 3.8) is 0 Å². The molecule has 2 rings (SSSR count). The van der Waals surface area contributed by atoms with Crippen molar-refractivity contribution in [2.75, 3.05) is 20.1 Å². The predicted octanol–water partition coefficient (Wildman–Crippen LogP) is 0.352. The van der Waals surface area contributed by atoms with Gasteiger partial charge >= 0.3 is 4.87 Å². The molecular formula is C11H20N4OS. The van der Waals surface area contributed by atoms with Gasteiger partial charge in [0.25, 0.3) is 0 Å². The summed E-state index contributed by atoms with van der Waals surface area (Å²) in [6.45, 7) is 2.22. The lowest BCUT2D eigenvalue weighted by atomic mass is 9.90. The van der Waals surface area contributed by atoms with E-state index in [1.807, 2.05) is 7.05 Å². The molecule has 1 aromatic rings. The molecule has 3 N–H and O–H groups in total. The quantitative estimate of drug-likeness (QED) is 0.727. The van der Waals surface area contributed by atoms with Crippen LogP contribution in [0.15, 0.2) is 4.79 Å². The third kappa shape index (κ3) is 3.62. The highest BCUT2D eigenvalue weighted by Crippen LogP contribution is 2.20. The number of H-pyrrole nitrogens is 1. The van der Waals surface area contributed by atoms with Crippen LogP contribution in [0.25, 0.3) is 0 Å². The van der Waals surface area contributed by atoms with Gasteiger partial charge in [-0.2, -0.15) is 5.10 Å². The van der Waals surface area contributed by atoms with E-state index in [1.165, 1.54) is 30.6 Å². The van der Waals surface area contributed by atoms with Gasteiger partial charge in [0.2, 0.25) is 0 Å². The number of hydrogen-bond donors (Lipinski definition) is 3. The first-order valence-electron chi connectivity index (χ1n) is 6.22. The van der Waals surface area contributed by atoms with E-state index >= 15 is 0 Å². The molecule has 1 aromatic heterocycles. The summed E-state index contributed by atoms with van der Waals surface area (Å²) in [5.41, 5.74) is 0. The van der Waals surface area contributed by atoms with Crippen LogP contribution < -0.4 is 15.5 Å². The molecule has 2 atom stereocenters. The summed E-state index contributed by atoms with van der Waals surface area (Å²) < 4.78 is 0. The largest absolute Gasteiger partial charge is 0.322 e. The molecule has 0 aromatic carbocycles. The Kier molecular flexibility index (Phi) is 4.70. The zero-order valence-electron chi connectivity index (χ0n) is 10.2. The van der Waals surface area contributed by atoms with Crippen LogP contribution in [0.4, 0.5) is 0 Å². The van der Waals surface area contributed by atoms with Crippen LogP contribution in [0.3, 0.4) is 0 Å². The normalized spacial score (nSPS) is 23.2. The van der Waals surface area contributed by atoms with Crippen molar-refractivity contribution in [1.29, 1.82) is 0 Å². The van der Waals surface area contributed by atoms with Crippen molar-refractivity contribution in [1.82, 2.24) is 20.8 Å². The molecule has 1 fully saturated rings. The smallest absolute Gasteiger partial charge is 0.317 e. The Labute approximate surface area is 105 Å². The van der Waals surface area contributed by atoms with E-state index in [4.69, 9.17) is 0 Å². The highest BCUT2D eigenvalue weighted by atomic mass is 32.1. The second-order valence-corrected chi connectivity index (χ2v) is 5.59. The van der Waals surface area contributed by atoms with Gasteiger partial charge in [0.1, 0.15) is 5.01 Å². The lowest BCUT2D eigenvalue weighted by molar-refractivity contribution is 0.338. The zero-order chi connectivity index (χ0) is 12.1. The van der Waals surface area contributed by atoms with Crippen LogP contribution in [0.1, 0.15) is 24.3 Å². The average molecular weight is 256 g/mol. The number of likely N-dealkylation sites (N-methyl/N-ethyl adjacent to an activating group) is 1. The summed E-state index contributed by atoms with van der Waals surface area (Å²) in [7, 11) is 2.00. The van der Waals surface area contributed by atoms with Crippen molar-refractivity contribution >= 4 is 11.3 Å². The fourth-order valence-electron chi connectivity index (χ4n) is 2.49. The van der Waals surface area contributed by atoms with E-state index in [2.05, 4.69) is 20.8 Å². The molecule has 0 amide bonds. The minimum Gasteiger partial charge on any atom is -0.317 e. The van der Waals surface area contributed by atoms with Crippen LogP contribution in [0, 0.1) is 5.92 Å². The molecule has 17 heavy (non-hydrogen) atoms. The standard InChI is InChI=1S/C11H20N4OS/c1-12-9(7-10-14-15-11(16)17-10)8-3-2-5-13-6-4-8/h8-9,12-13H,2-7H2,1H3,(H,15,16). The lowest BCUT2D eigenvalue weighted by Gasteiger charge is -2.24. The fourth-order valence-corrected chi connectivity index (χ4v) is 3.15. The zero-order valence-corrected chi connectivity index (χ0v) is 11.0. The third-order valence-corrected chi connectivity index (χ3v) is 4.21. The van der Waals surface area contributed by atoms with Gasteiger partial charge in [-0.3, -0.25) is 4.79 Å². The summed E-state index contributed by atoms with van der Waals surface area (Å²) in [6, 6.07) is 0.425. The monoisotopic (exact) mass is 256 g/mol. The molecule has 0 radical (unpaired) electrons. The fraction of sp³-hybridized carbons (Fsp3) is 0.818. The minimum atomic E-state index is -0.0580. The molecule has 0 spiro atoms. The van der Waals surface area contributed by atoms with Gasteiger partial charge in [0, 0.05) is 12.5 Å². The van der Waals surface area contributed by atoms with Gasteiger partial charge in [0.15, 0.2) is 0 Å². The number of rotatable bonds is 4. The molecule has 1 saturated heterocycles. The van der Waals surface area contributed by atoms with E-state index in [0.717, 1.165) is 24.5 Å². The first kappa shape index (κ1) is 12.7. The molecule has 96 valence electrons. The predicted molar refractivity (Wildman–Crippen MR) is 69.5 cm³/mol. The summed E-state index contributed by atoms with van der Waals surface area (Å²) in [5.74, 6) is 0.675. The van der Waals surface area contributed by atoms with Crippen molar-refractivity contribution in [2.24, 2.45) is 5.92 Å². The molecule has 2 heterocycles. The second-order valence-electron chi connectivity index (χ2n) is 4.55. The minimum absolute atomic E-state index is 0.0580. The van der Waals surface area contributed by atoms with E-state index in [-0.39, 0.29) is 4.87 Å². The van der Waals surface area contributed by atoms with Crippen LogP contribution in [0.5, 0.6) is 0 Å². The highest BCUT2D eigenvalue weighted by molar-refractivity contribution is 7.08. The van der Waals surface area contributed by atoms with E-state index in [1.54, 1.807) is 0 Å². The van der Waals surface area contributed by atoms with Crippen molar-refractivity contribution in [3.8, 4) is 0 Å². The van der Waals surface area contributed by atoms with Crippen molar-refractivity contribution in [2.45, 2.75) is 31.7 Å². The second kappa shape index (κ2) is 6.28. The Bertz CT molecular complexity index is 381. The Morgan fingerprint density at radius 3 is 3.12 bits per heavy atom. The highest BCUT2D eigenvalue weighted by Gasteiger charge is 2.22. The Hall–Kier alpha value is -0.720. The first-order chi connectivity index (χ1) is 8.29. The topological polar surface area (TPSA) is 69.8 Å². The molecule has 6 heteroatoms. The van der Waals surface area contributed by atoms with Gasteiger partial charge in [-0.05, 0) is 45.3 Å². The van der Waals surface area contributed by atoms with Gasteiger partial charge in [0.05, 0.1) is 0 Å². The summed E-state index contributed by atoms with van der Waals surface area (Å²) in [4.78, 5) is 11.0. The van der Waals surface area contributed by atoms with Crippen LogP contribution in [-0.4, -0.2) is 36.4 Å². The Morgan fingerprint density at radius 2 is 2.41 bits per heavy atom. The van der Waals surface area contributed by atoms with E-state index in [0.29, 0.717) is 12.0 Å². The third-order valence-electron chi connectivity index (χ3n) is 3.44. The molecular weight excluding hydrogens is 236 g/mol. The van der Waals surface area contributed by atoms with Crippen LogP contribution in [0.2, 0.25) is 0 Å². The Morgan fingerprint density at radius 1 is 1.53 bits per heavy atom. The SMILES string of the molecule is CNC(Cc1n[nH]c(=O)s1)C1CCCNCC1. The van der Waals surface area contributed by atoms with Crippen LogP contribution >= 0.6 is 11.3 Å². The molecule has 0 aliphatic carbocycles. The first-order valence-corrected chi connectivity index (χ1v) is 7.03. The number of aromatic amines is 1. The maximum absolute atomic E-state index is 11.1. The molecule has 0 saturated carbocycles. The molecule has 1 aliphatic rings. The summed E-state index contributed by atoms with van der Waals surface area (Å²) in [6.07, 6.45) is 4.53. The van der Waals surface area contributed by atoms with Gasteiger partial charge in [-0.25, -0.2) is 5.10 Å². The molecule has 2 unspecified atom stereocenters. The number of nitrogens with zero attached hydrogens (tertiary/aromatic N) is 1. The maximum atomic E-state index is 11.1. The van der Waals surface area contributed by atoms with Gasteiger partial charge in [-0.1, -0.05) is 11.3 Å². The molecule has 5 nitrogen and oxygen atoms in total. The summed E-state index contributed by atoms with van der Waals surface area (Å²) in [5, 5.41) is 14.2. The maximum Gasteiger partial charge on any atom is 0.322 e. The van der Waals surface area contributed by atoms with Gasteiger partial charge in [-0.15, -0.1) is 0 Å². The molecule has 1 aliphatic heterocycles. The van der Waals surface area contributed by atoms with Crippen molar-refractivity contribution in [3.05, 3.63) is 14.7 Å². The van der Waals surface area contributed by atoms with Crippen LogP contribution in [-0.2, 0) is 6.42 Å². The molecule has 0 bridgehead atoms. The number of hydrogen-bond acceptors (Lipinski definition) is 5. The summed E-state index contributed by atoms with van der Waals surface area (Å²) >= 11 is 1.22. The average Bonchev–Trinajstić information content (AvgIpc) is 2.58. The van der Waals surface area contributed by atoms with E-state index in [9.17, 15) is 4.79 Å².